The van der Waals surface area contributed by atoms with E-state index in [9.17, 15) is 19.2 Å². The van der Waals surface area contributed by atoms with Gasteiger partial charge in [-0.25, -0.2) is 4.79 Å². The maximum atomic E-state index is 13.9. The summed E-state index contributed by atoms with van der Waals surface area (Å²) in [5.74, 6) is 3.08. The molecule has 2 aliphatic rings. The molecular weight excluding hydrogens is 813 g/mol. The van der Waals surface area contributed by atoms with Crippen molar-refractivity contribution in [3.63, 3.8) is 0 Å². The molecule has 0 spiro atoms. The molecule has 2 aliphatic heterocycles. The first-order chi connectivity index (χ1) is 30.6. The molecule has 5 aromatic rings. The van der Waals surface area contributed by atoms with Crippen molar-refractivity contribution in [2.24, 2.45) is 0 Å². The fraction of sp³-hybridized carbons (Fsp3) is 0.362. The van der Waals surface area contributed by atoms with Crippen LogP contribution in [0.5, 0.6) is 46.0 Å². The number of aryl methyl sites for hydroxylation is 2. The smallest absolute Gasteiger partial charge is 0.330 e. The van der Waals surface area contributed by atoms with Gasteiger partial charge in [0.25, 0.3) is 17.4 Å². The summed E-state index contributed by atoms with van der Waals surface area (Å²) in [6.45, 7) is 2.40. The zero-order valence-corrected chi connectivity index (χ0v) is 36.4. The minimum absolute atomic E-state index is 0.0490. The van der Waals surface area contributed by atoms with Gasteiger partial charge in [-0.3, -0.25) is 19.0 Å². The van der Waals surface area contributed by atoms with Crippen molar-refractivity contribution in [2.75, 3.05) is 55.7 Å². The van der Waals surface area contributed by atoms with E-state index in [1.165, 1.54) is 51.8 Å². The van der Waals surface area contributed by atoms with Crippen LogP contribution in [0.2, 0.25) is 0 Å². The van der Waals surface area contributed by atoms with Crippen LogP contribution in [-0.4, -0.2) is 98.7 Å². The molecule has 332 valence electrons. The molecule has 3 heterocycles. The average molecular weight is 865 g/mol. The molecule has 2 fully saturated rings. The number of methoxy groups -OCH3 is 6. The second-order valence-electron chi connectivity index (χ2n) is 15.0. The number of nitrogens with zero attached hydrogens (tertiary/aromatic N) is 4. The Balaban J connectivity index is 1.08. The lowest BCUT2D eigenvalue weighted by molar-refractivity contribution is -0.164. The number of ether oxygens (including phenoxy) is 8. The number of carbonyl (C=O) groups is 2. The van der Waals surface area contributed by atoms with Gasteiger partial charge in [-0.2, -0.15) is 0 Å². The van der Waals surface area contributed by atoms with Gasteiger partial charge < -0.3 is 52.3 Å². The summed E-state index contributed by atoms with van der Waals surface area (Å²) < 4.78 is 49.0. The van der Waals surface area contributed by atoms with Crippen molar-refractivity contribution >= 4 is 11.8 Å². The molecule has 0 unspecified atom stereocenters. The predicted octanol–water partition coefficient (Wildman–Crippen LogP) is 5.21. The molecule has 2 amide bonds. The molecular formula is C47H52N4O12. The van der Waals surface area contributed by atoms with Crippen LogP contribution in [0.3, 0.4) is 0 Å². The third kappa shape index (κ3) is 8.44. The Hall–Kier alpha value is -7.10. The Morgan fingerprint density at radius 1 is 0.492 bits per heavy atom. The molecule has 0 radical (unpaired) electrons. The highest BCUT2D eigenvalue weighted by Gasteiger charge is 2.52. The number of likely N-dealkylation sites (tertiary alicyclic amines) is 2. The normalized spacial score (nSPS) is 18.0. The summed E-state index contributed by atoms with van der Waals surface area (Å²) >= 11 is 0. The number of carbonyl (C=O) groups excluding carboxylic acids is 2. The highest BCUT2D eigenvalue weighted by Crippen LogP contribution is 2.49. The Morgan fingerprint density at radius 3 is 1.33 bits per heavy atom. The zero-order valence-electron chi connectivity index (χ0n) is 36.4. The van der Waals surface area contributed by atoms with Crippen molar-refractivity contribution in [1.82, 2.24) is 18.9 Å². The van der Waals surface area contributed by atoms with E-state index in [1.807, 2.05) is 48.5 Å². The topological polar surface area (TPSA) is 158 Å². The van der Waals surface area contributed by atoms with Crippen molar-refractivity contribution in [1.29, 1.82) is 0 Å². The van der Waals surface area contributed by atoms with Crippen molar-refractivity contribution in [2.45, 2.75) is 57.1 Å². The van der Waals surface area contributed by atoms with Gasteiger partial charge in [-0.1, -0.05) is 36.4 Å². The minimum atomic E-state index is -0.871. The lowest BCUT2D eigenvalue weighted by Gasteiger charge is -2.47. The minimum Gasteiger partial charge on any atom is -0.493 e. The van der Waals surface area contributed by atoms with Crippen LogP contribution in [0.4, 0.5) is 0 Å². The molecule has 0 bridgehead atoms. The van der Waals surface area contributed by atoms with Crippen molar-refractivity contribution < 1.29 is 47.5 Å². The lowest BCUT2D eigenvalue weighted by atomic mass is 9.89. The average Bonchev–Trinajstić information content (AvgIpc) is 3.31. The maximum absolute atomic E-state index is 13.9. The van der Waals surface area contributed by atoms with Gasteiger partial charge in [0.15, 0.2) is 23.0 Å². The van der Waals surface area contributed by atoms with Crippen LogP contribution >= 0.6 is 0 Å². The number of rotatable bonds is 20. The summed E-state index contributed by atoms with van der Waals surface area (Å²) in [6.07, 6.45) is 0.488. The standard InChI is InChI=1S/C47H52N4O12/c1-29-28-48(24-14-25-49-36(42(45(49)53)62-30-16-10-8-11-17-30)32-20-22-34(56-2)40(60-6)38(32)58-4)47(55)51(44(29)52)27-15-26-50-37(43(46(50)54)63-31-18-12-9-13-19-31)33-21-23-35(57-3)41(61-7)39(33)59-5/h8-13,16-23,28,36-37,42-43H,14-15,24-27H2,1-7H3/t36-,37+,42+,43-/m1/s1. The van der Waals surface area contributed by atoms with E-state index in [-0.39, 0.29) is 44.4 Å². The number of β-lactam (4-membered cyclic amide) rings is 2. The lowest BCUT2D eigenvalue weighted by Crippen LogP contribution is -2.61. The third-order valence-corrected chi connectivity index (χ3v) is 11.4. The maximum Gasteiger partial charge on any atom is 0.330 e. The monoisotopic (exact) mass is 864 g/mol. The zero-order chi connectivity index (χ0) is 44.8. The van der Waals surface area contributed by atoms with Crippen LogP contribution in [-0.2, 0) is 22.7 Å². The van der Waals surface area contributed by atoms with E-state index in [0.29, 0.717) is 69.1 Å². The molecule has 0 aliphatic carbocycles. The summed E-state index contributed by atoms with van der Waals surface area (Å²) in [7, 11) is 9.12. The van der Waals surface area contributed by atoms with E-state index in [1.54, 1.807) is 59.3 Å². The van der Waals surface area contributed by atoms with Crippen molar-refractivity contribution in [3.05, 3.63) is 129 Å². The predicted molar refractivity (Wildman–Crippen MR) is 232 cm³/mol. The number of hydrogen-bond acceptors (Lipinski definition) is 12. The van der Waals surface area contributed by atoms with Gasteiger partial charge in [-0.05, 0) is 68.3 Å². The van der Waals surface area contributed by atoms with Gasteiger partial charge in [0, 0.05) is 49.1 Å². The van der Waals surface area contributed by atoms with E-state index < -0.39 is 35.5 Å². The van der Waals surface area contributed by atoms with E-state index in [0.717, 1.165) is 0 Å². The SMILES string of the molecule is COc1ccc([C@@H]2[C@H](Oc3ccccc3)C(=O)N2CCCn2cc(C)c(=O)n(CCCN3C(=O)[C@H](Oc4ccccc4)[C@@H]3c3ccc(OC)c(OC)c3OC)c2=O)c(OC)c1OC. The fourth-order valence-corrected chi connectivity index (χ4v) is 8.40. The van der Waals surface area contributed by atoms with E-state index >= 15 is 0 Å². The van der Waals surface area contributed by atoms with Gasteiger partial charge in [0.1, 0.15) is 23.6 Å². The third-order valence-electron chi connectivity index (χ3n) is 11.4. The van der Waals surface area contributed by atoms with Gasteiger partial charge in [-0.15, -0.1) is 0 Å². The summed E-state index contributed by atoms with van der Waals surface area (Å²) in [5, 5.41) is 0. The number of benzene rings is 4. The summed E-state index contributed by atoms with van der Waals surface area (Å²) in [4.78, 5) is 58.3. The van der Waals surface area contributed by atoms with E-state index in [2.05, 4.69) is 0 Å². The fourth-order valence-electron chi connectivity index (χ4n) is 8.40. The van der Waals surface area contributed by atoms with Crippen LogP contribution < -0.4 is 49.1 Å². The first-order valence-electron chi connectivity index (χ1n) is 20.5. The van der Waals surface area contributed by atoms with Crippen LogP contribution in [0, 0.1) is 6.92 Å². The van der Waals surface area contributed by atoms with Gasteiger partial charge in [0.2, 0.25) is 23.7 Å². The van der Waals surface area contributed by atoms with Crippen LogP contribution in [0.15, 0.2) is 101 Å². The van der Waals surface area contributed by atoms with Crippen LogP contribution in [0.25, 0.3) is 0 Å². The number of amides is 2. The quantitative estimate of drug-likeness (QED) is 0.0943. The number of para-hydroxylation sites is 2. The molecule has 1 aromatic heterocycles. The number of hydrogen-bond donors (Lipinski definition) is 0. The summed E-state index contributed by atoms with van der Waals surface area (Å²) in [5.41, 5.74) is 0.776. The van der Waals surface area contributed by atoms with Gasteiger partial charge >= 0.3 is 5.69 Å². The Bertz CT molecular complexity index is 2540. The van der Waals surface area contributed by atoms with Crippen LogP contribution in [0.1, 0.15) is 41.6 Å². The van der Waals surface area contributed by atoms with Gasteiger partial charge in [0.05, 0.1) is 42.7 Å². The Morgan fingerprint density at radius 2 is 0.921 bits per heavy atom. The van der Waals surface area contributed by atoms with Crippen molar-refractivity contribution in [3.8, 4) is 46.0 Å². The first kappa shape index (κ1) is 44.0. The first-order valence-corrected chi connectivity index (χ1v) is 20.5. The second kappa shape index (κ2) is 19.3. The molecule has 4 aromatic carbocycles. The molecule has 0 saturated carbocycles. The molecule has 16 heteroatoms. The Kier molecular flexibility index (Phi) is 13.5. The number of aromatic nitrogens is 2. The highest BCUT2D eigenvalue weighted by molar-refractivity contribution is 5.90. The molecule has 0 N–H and O–H groups in total. The molecule has 63 heavy (non-hydrogen) atoms. The molecule has 4 atom stereocenters. The summed E-state index contributed by atoms with van der Waals surface area (Å²) in [6, 6.07) is 24.2. The molecule has 7 rings (SSSR count). The molecule has 16 nitrogen and oxygen atoms in total. The molecule has 2 saturated heterocycles. The second-order valence-corrected chi connectivity index (χ2v) is 15.0. The van der Waals surface area contributed by atoms with E-state index in [4.69, 9.17) is 37.9 Å². The largest absolute Gasteiger partial charge is 0.493 e. The Labute approximate surface area is 365 Å². The highest BCUT2D eigenvalue weighted by atomic mass is 16.5.